The standard InChI is InChI=1S/C10H16F3NO/c1-3-9(15-10(11,12)13)7-8(9)5-4-6-14-2/h4,6,8,14H,3,5,7H2,1-2H3/b6-4+. The van der Waals surface area contributed by atoms with Crippen LogP contribution in [0.5, 0.6) is 0 Å². The molecule has 0 amide bonds. The zero-order valence-electron chi connectivity index (χ0n) is 8.90. The molecular formula is C10H16F3NO. The predicted molar refractivity (Wildman–Crippen MR) is 51.1 cm³/mol. The molecule has 1 aliphatic carbocycles. The summed E-state index contributed by atoms with van der Waals surface area (Å²) in [5, 5.41) is 2.80. The zero-order chi connectivity index (χ0) is 11.5. The van der Waals surface area contributed by atoms with E-state index in [-0.39, 0.29) is 5.92 Å². The highest BCUT2D eigenvalue weighted by molar-refractivity contribution is 5.07. The molecule has 1 fully saturated rings. The van der Waals surface area contributed by atoms with Gasteiger partial charge in [0.15, 0.2) is 0 Å². The van der Waals surface area contributed by atoms with E-state index in [1.54, 1.807) is 20.2 Å². The van der Waals surface area contributed by atoms with Crippen LogP contribution < -0.4 is 5.32 Å². The van der Waals surface area contributed by atoms with Crippen molar-refractivity contribution in [1.82, 2.24) is 5.32 Å². The molecule has 0 aliphatic heterocycles. The lowest BCUT2D eigenvalue weighted by Gasteiger charge is -2.18. The Morgan fingerprint density at radius 1 is 1.53 bits per heavy atom. The molecule has 1 aliphatic rings. The van der Waals surface area contributed by atoms with Gasteiger partial charge in [-0.1, -0.05) is 13.0 Å². The van der Waals surface area contributed by atoms with Gasteiger partial charge < -0.3 is 5.32 Å². The summed E-state index contributed by atoms with van der Waals surface area (Å²) in [5.41, 5.74) is -0.962. The van der Waals surface area contributed by atoms with Crippen LogP contribution >= 0.6 is 0 Å². The SMILES string of the molecule is CCC1(OC(F)(F)F)CC1C/C=C/NC. The van der Waals surface area contributed by atoms with Gasteiger partial charge in [0.25, 0.3) is 0 Å². The van der Waals surface area contributed by atoms with E-state index in [0.717, 1.165) is 0 Å². The Kier molecular flexibility index (Phi) is 3.65. The maximum Gasteiger partial charge on any atom is 0.523 e. The summed E-state index contributed by atoms with van der Waals surface area (Å²) >= 11 is 0. The van der Waals surface area contributed by atoms with Crippen LogP contribution in [0.1, 0.15) is 26.2 Å². The third-order valence-corrected chi connectivity index (χ3v) is 2.80. The van der Waals surface area contributed by atoms with Crippen LogP contribution in [0.4, 0.5) is 13.2 Å². The fourth-order valence-electron chi connectivity index (χ4n) is 1.87. The van der Waals surface area contributed by atoms with Gasteiger partial charge in [-0.05, 0) is 31.4 Å². The van der Waals surface area contributed by atoms with Gasteiger partial charge in [0, 0.05) is 7.05 Å². The molecule has 0 bridgehead atoms. The van der Waals surface area contributed by atoms with Crippen LogP contribution in [0.15, 0.2) is 12.3 Å². The van der Waals surface area contributed by atoms with Gasteiger partial charge in [-0.3, -0.25) is 4.74 Å². The Hall–Kier alpha value is -0.710. The summed E-state index contributed by atoms with van der Waals surface area (Å²) in [4.78, 5) is 0. The van der Waals surface area contributed by atoms with Crippen molar-refractivity contribution in [2.45, 2.75) is 38.1 Å². The van der Waals surface area contributed by atoms with E-state index < -0.39 is 12.0 Å². The van der Waals surface area contributed by atoms with Gasteiger partial charge in [0.1, 0.15) is 0 Å². The minimum atomic E-state index is -4.52. The third kappa shape index (κ3) is 3.41. The first-order chi connectivity index (χ1) is 6.93. The molecule has 0 aromatic carbocycles. The maximum atomic E-state index is 12.1. The second kappa shape index (κ2) is 4.43. The summed E-state index contributed by atoms with van der Waals surface area (Å²) < 4.78 is 40.4. The third-order valence-electron chi connectivity index (χ3n) is 2.80. The quantitative estimate of drug-likeness (QED) is 0.773. The maximum absolute atomic E-state index is 12.1. The molecule has 0 spiro atoms. The summed E-state index contributed by atoms with van der Waals surface area (Å²) in [7, 11) is 1.75. The largest absolute Gasteiger partial charge is 0.523 e. The lowest BCUT2D eigenvalue weighted by atomic mass is 10.1. The molecule has 0 heterocycles. The van der Waals surface area contributed by atoms with Gasteiger partial charge in [0.05, 0.1) is 5.60 Å². The first-order valence-corrected chi connectivity index (χ1v) is 5.02. The summed E-state index contributed by atoms with van der Waals surface area (Å²) in [6.45, 7) is 1.73. The lowest BCUT2D eigenvalue weighted by Crippen LogP contribution is -2.26. The fraction of sp³-hybridized carbons (Fsp3) is 0.800. The van der Waals surface area contributed by atoms with Crippen molar-refractivity contribution in [2.75, 3.05) is 7.05 Å². The average Bonchev–Trinajstić information content (AvgIpc) is 2.77. The molecule has 0 aromatic heterocycles. The van der Waals surface area contributed by atoms with Gasteiger partial charge >= 0.3 is 6.36 Å². The minimum Gasteiger partial charge on any atom is -0.394 e. The number of ether oxygens (including phenoxy) is 1. The molecule has 1 N–H and O–H groups in total. The molecule has 0 saturated heterocycles. The highest BCUT2D eigenvalue weighted by Gasteiger charge is 2.58. The first-order valence-electron chi connectivity index (χ1n) is 5.02. The second-order valence-electron chi connectivity index (χ2n) is 3.79. The van der Waals surface area contributed by atoms with E-state index in [2.05, 4.69) is 10.1 Å². The number of allylic oxidation sites excluding steroid dienone is 1. The number of hydrogen-bond donors (Lipinski definition) is 1. The van der Waals surface area contributed by atoms with Crippen LogP contribution in [0.3, 0.4) is 0 Å². The van der Waals surface area contributed by atoms with Crippen LogP contribution in [-0.4, -0.2) is 19.0 Å². The summed E-state index contributed by atoms with van der Waals surface area (Å²) in [6.07, 6.45) is 0.581. The monoisotopic (exact) mass is 223 g/mol. The first kappa shape index (κ1) is 12.4. The highest BCUT2D eigenvalue weighted by atomic mass is 19.4. The fourth-order valence-corrected chi connectivity index (χ4v) is 1.87. The Labute approximate surface area is 87.5 Å². The van der Waals surface area contributed by atoms with E-state index in [1.165, 1.54) is 0 Å². The molecule has 88 valence electrons. The van der Waals surface area contributed by atoms with Crippen molar-refractivity contribution in [1.29, 1.82) is 0 Å². The van der Waals surface area contributed by atoms with Crippen molar-refractivity contribution in [2.24, 2.45) is 5.92 Å². The van der Waals surface area contributed by atoms with E-state index in [0.29, 0.717) is 19.3 Å². The molecule has 1 rings (SSSR count). The Morgan fingerprint density at radius 2 is 2.20 bits per heavy atom. The number of rotatable bonds is 5. The zero-order valence-corrected chi connectivity index (χ0v) is 8.90. The normalized spacial score (nSPS) is 30.9. The van der Waals surface area contributed by atoms with Crippen molar-refractivity contribution >= 4 is 0 Å². The summed E-state index contributed by atoms with van der Waals surface area (Å²) in [5.74, 6) is -0.00581. The molecule has 1 saturated carbocycles. The molecule has 2 nitrogen and oxygen atoms in total. The van der Waals surface area contributed by atoms with Gasteiger partial charge in [-0.2, -0.15) is 0 Å². The molecule has 0 radical (unpaired) electrons. The Balaban J connectivity index is 2.43. The van der Waals surface area contributed by atoms with Crippen LogP contribution in [0.2, 0.25) is 0 Å². The smallest absolute Gasteiger partial charge is 0.394 e. The van der Waals surface area contributed by atoms with Crippen molar-refractivity contribution in [3.05, 3.63) is 12.3 Å². The highest BCUT2D eigenvalue weighted by Crippen LogP contribution is 2.54. The van der Waals surface area contributed by atoms with E-state index >= 15 is 0 Å². The minimum absolute atomic E-state index is 0.00581. The Morgan fingerprint density at radius 3 is 2.67 bits per heavy atom. The Bertz CT molecular complexity index is 239. The van der Waals surface area contributed by atoms with Gasteiger partial charge in [-0.15, -0.1) is 13.2 Å². The molecule has 5 heteroatoms. The van der Waals surface area contributed by atoms with Crippen LogP contribution in [-0.2, 0) is 4.74 Å². The number of nitrogens with one attached hydrogen (secondary N) is 1. The van der Waals surface area contributed by atoms with Gasteiger partial charge in [-0.25, -0.2) is 0 Å². The molecule has 15 heavy (non-hydrogen) atoms. The van der Waals surface area contributed by atoms with E-state index in [9.17, 15) is 13.2 Å². The van der Waals surface area contributed by atoms with E-state index in [4.69, 9.17) is 0 Å². The van der Waals surface area contributed by atoms with E-state index in [1.807, 2.05) is 6.08 Å². The molecule has 2 atom stereocenters. The molecule has 2 unspecified atom stereocenters. The second-order valence-corrected chi connectivity index (χ2v) is 3.79. The average molecular weight is 223 g/mol. The lowest BCUT2D eigenvalue weighted by molar-refractivity contribution is -0.352. The van der Waals surface area contributed by atoms with Gasteiger partial charge in [0.2, 0.25) is 0 Å². The number of alkyl halides is 3. The van der Waals surface area contributed by atoms with Crippen molar-refractivity contribution in [3.8, 4) is 0 Å². The number of halogens is 3. The van der Waals surface area contributed by atoms with Crippen molar-refractivity contribution < 1.29 is 17.9 Å². The van der Waals surface area contributed by atoms with Crippen LogP contribution in [0.25, 0.3) is 0 Å². The number of hydrogen-bond acceptors (Lipinski definition) is 2. The topological polar surface area (TPSA) is 21.3 Å². The predicted octanol–water partition coefficient (Wildman–Crippen LogP) is 2.81. The molecule has 0 aromatic rings. The van der Waals surface area contributed by atoms with Crippen LogP contribution in [0, 0.1) is 5.92 Å². The molecular weight excluding hydrogens is 207 g/mol. The van der Waals surface area contributed by atoms with Crippen molar-refractivity contribution in [3.63, 3.8) is 0 Å². The summed E-state index contributed by atoms with van der Waals surface area (Å²) in [6, 6.07) is 0.